The molecule has 0 saturated carbocycles. The number of carbonyl (C=O) groups is 1. The van der Waals surface area contributed by atoms with Gasteiger partial charge in [0, 0.05) is 12.0 Å². The Balaban J connectivity index is 2.86. The lowest BCUT2D eigenvalue weighted by molar-refractivity contribution is -0.117. The fourth-order valence-corrected chi connectivity index (χ4v) is 1.78. The van der Waals surface area contributed by atoms with Crippen LogP contribution in [0.1, 0.15) is 45.6 Å². The Bertz CT molecular complexity index is 448. The third-order valence-electron chi connectivity index (χ3n) is 2.78. The van der Waals surface area contributed by atoms with Gasteiger partial charge in [-0.2, -0.15) is 0 Å². The quantitative estimate of drug-likeness (QED) is 0.859. The summed E-state index contributed by atoms with van der Waals surface area (Å²) >= 11 is 0. The molecule has 19 heavy (non-hydrogen) atoms. The summed E-state index contributed by atoms with van der Waals surface area (Å²) in [6.07, 6.45) is 0.266. The molecule has 0 aliphatic carbocycles. The van der Waals surface area contributed by atoms with Crippen molar-refractivity contribution in [2.45, 2.75) is 45.6 Å². The van der Waals surface area contributed by atoms with E-state index in [1.54, 1.807) is 7.11 Å². The van der Waals surface area contributed by atoms with Crippen LogP contribution >= 0.6 is 0 Å². The van der Waals surface area contributed by atoms with Gasteiger partial charge in [-0.25, -0.2) is 0 Å². The second-order valence-electron chi connectivity index (χ2n) is 5.83. The predicted octanol–water partition coefficient (Wildman–Crippen LogP) is 2.88. The number of hydrogen-bond donors (Lipinski definition) is 2. The third-order valence-corrected chi connectivity index (χ3v) is 2.78. The molecule has 0 atom stereocenters. The van der Waals surface area contributed by atoms with Crippen molar-refractivity contribution in [3.63, 3.8) is 0 Å². The van der Waals surface area contributed by atoms with E-state index in [2.05, 4.69) is 19.2 Å². The molecule has 0 saturated heterocycles. The van der Waals surface area contributed by atoms with Crippen LogP contribution < -0.4 is 15.8 Å². The summed E-state index contributed by atoms with van der Waals surface area (Å²) in [5.41, 5.74) is 7.17. The molecule has 1 aromatic rings. The highest BCUT2D eigenvalue weighted by Crippen LogP contribution is 2.29. The maximum atomic E-state index is 11.9. The minimum absolute atomic E-state index is 0.108. The van der Waals surface area contributed by atoms with Crippen molar-refractivity contribution in [2.24, 2.45) is 5.73 Å². The van der Waals surface area contributed by atoms with Gasteiger partial charge in [0.25, 0.3) is 0 Å². The number of amides is 1. The van der Waals surface area contributed by atoms with Gasteiger partial charge in [-0.05, 0) is 37.5 Å². The molecule has 0 fully saturated rings. The predicted molar refractivity (Wildman–Crippen MR) is 78.6 cm³/mol. The number of ether oxygens (including phenoxy) is 1. The first kappa shape index (κ1) is 15.5. The molecule has 3 N–H and O–H groups in total. The van der Waals surface area contributed by atoms with E-state index >= 15 is 0 Å². The minimum Gasteiger partial charge on any atom is -0.495 e. The van der Waals surface area contributed by atoms with E-state index in [-0.39, 0.29) is 12.3 Å². The van der Waals surface area contributed by atoms with Crippen LogP contribution in [-0.2, 0) is 4.79 Å². The molecule has 0 aromatic heterocycles. The second-order valence-corrected chi connectivity index (χ2v) is 5.83. The van der Waals surface area contributed by atoms with E-state index in [1.165, 1.54) is 5.56 Å². The Morgan fingerprint density at radius 1 is 1.42 bits per heavy atom. The van der Waals surface area contributed by atoms with Crippen molar-refractivity contribution < 1.29 is 9.53 Å². The first-order chi connectivity index (χ1) is 8.73. The molecule has 0 aliphatic heterocycles. The normalized spacial score (nSPS) is 11.5. The average Bonchev–Trinajstić information content (AvgIpc) is 2.26. The van der Waals surface area contributed by atoms with Gasteiger partial charge in [0.05, 0.1) is 12.8 Å². The molecule has 0 spiro atoms. The van der Waals surface area contributed by atoms with Crippen LogP contribution in [0.5, 0.6) is 5.75 Å². The number of anilines is 1. The summed E-state index contributed by atoms with van der Waals surface area (Å²) in [7, 11) is 1.60. The molecule has 1 rings (SSSR count). The van der Waals surface area contributed by atoms with Gasteiger partial charge in [-0.15, -0.1) is 0 Å². The average molecular weight is 264 g/mol. The minimum atomic E-state index is -0.519. The molecule has 0 heterocycles. The standard InChI is InChI=1S/C15H24N2O2/c1-10(2)11-6-7-12(13(8-11)19-5)17-14(18)9-15(3,4)16/h6-8,10H,9,16H2,1-5H3,(H,17,18). The van der Waals surface area contributed by atoms with Gasteiger partial charge < -0.3 is 15.8 Å². The molecule has 0 radical (unpaired) electrons. The van der Waals surface area contributed by atoms with Gasteiger partial charge in [0.2, 0.25) is 5.91 Å². The monoisotopic (exact) mass is 264 g/mol. The van der Waals surface area contributed by atoms with Crippen LogP contribution in [0, 0.1) is 0 Å². The number of hydrogen-bond acceptors (Lipinski definition) is 3. The van der Waals surface area contributed by atoms with Crippen LogP contribution in [0.3, 0.4) is 0 Å². The zero-order valence-electron chi connectivity index (χ0n) is 12.4. The molecule has 0 aliphatic rings. The maximum absolute atomic E-state index is 11.9. The zero-order chi connectivity index (χ0) is 14.6. The fraction of sp³-hybridized carbons (Fsp3) is 0.533. The lowest BCUT2D eigenvalue weighted by Crippen LogP contribution is -2.36. The van der Waals surface area contributed by atoms with E-state index in [1.807, 2.05) is 32.0 Å². The second kappa shape index (κ2) is 6.06. The smallest absolute Gasteiger partial charge is 0.226 e. The van der Waals surface area contributed by atoms with E-state index in [9.17, 15) is 4.79 Å². The molecule has 1 aromatic carbocycles. The molecule has 106 valence electrons. The van der Waals surface area contributed by atoms with E-state index in [0.717, 1.165) is 0 Å². The maximum Gasteiger partial charge on any atom is 0.226 e. The van der Waals surface area contributed by atoms with Crippen LogP contribution in [0.15, 0.2) is 18.2 Å². The van der Waals surface area contributed by atoms with Gasteiger partial charge in [0.1, 0.15) is 5.75 Å². The Morgan fingerprint density at radius 3 is 2.53 bits per heavy atom. The SMILES string of the molecule is COc1cc(C(C)C)ccc1NC(=O)CC(C)(C)N. The van der Waals surface area contributed by atoms with Crippen molar-refractivity contribution in [3.8, 4) is 5.75 Å². The molecular weight excluding hydrogens is 240 g/mol. The van der Waals surface area contributed by atoms with Gasteiger partial charge in [0.15, 0.2) is 0 Å². The molecule has 0 bridgehead atoms. The van der Waals surface area contributed by atoms with Gasteiger partial charge in [-0.3, -0.25) is 4.79 Å². The highest BCUT2D eigenvalue weighted by atomic mass is 16.5. The Kier molecular flexibility index (Phi) is 4.95. The van der Waals surface area contributed by atoms with Crippen molar-refractivity contribution >= 4 is 11.6 Å². The van der Waals surface area contributed by atoms with Crippen molar-refractivity contribution in [2.75, 3.05) is 12.4 Å². The zero-order valence-corrected chi connectivity index (χ0v) is 12.4. The first-order valence-electron chi connectivity index (χ1n) is 6.49. The number of rotatable bonds is 5. The van der Waals surface area contributed by atoms with Gasteiger partial charge in [-0.1, -0.05) is 19.9 Å². The summed E-state index contributed by atoms with van der Waals surface area (Å²) < 4.78 is 5.32. The largest absolute Gasteiger partial charge is 0.495 e. The van der Waals surface area contributed by atoms with Gasteiger partial charge >= 0.3 is 0 Å². The summed E-state index contributed by atoms with van der Waals surface area (Å²) in [5, 5.41) is 2.84. The van der Waals surface area contributed by atoms with Crippen molar-refractivity contribution in [1.29, 1.82) is 0 Å². The van der Waals surface area contributed by atoms with Crippen LogP contribution in [0.4, 0.5) is 5.69 Å². The summed E-state index contributed by atoms with van der Waals surface area (Å²) in [4.78, 5) is 11.9. The van der Waals surface area contributed by atoms with Crippen LogP contribution in [0.2, 0.25) is 0 Å². The highest BCUT2D eigenvalue weighted by Gasteiger charge is 2.17. The summed E-state index contributed by atoms with van der Waals surface area (Å²) in [6, 6.07) is 5.82. The Hall–Kier alpha value is -1.55. The highest BCUT2D eigenvalue weighted by molar-refractivity contribution is 5.93. The fourth-order valence-electron chi connectivity index (χ4n) is 1.78. The van der Waals surface area contributed by atoms with E-state index < -0.39 is 5.54 Å². The summed E-state index contributed by atoms with van der Waals surface area (Å²) in [6.45, 7) is 7.88. The van der Waals surface area contributed by atoms with Crippen LogP contribution in [0.25, 0.3) is 0 Å². The molecule has 1 amide bonds. The number of nitrogens with two attached hydrogens (primary N) is 1. The Morgan fingerprint density at radius 2 is 2.05 bits per heavy atom. The summed E-state index contributed by atoms with van der Waals surface area (Å²) in [5.74, 6) is 0.985. The van der Waals surface area contributed by atoms with Crippen LogP contribution in [-0.4, -0.2) is 18.6 Å². The number of benzene rings is 1. The Labute approximate surface area is 115 Å². The first-order valence-corrected chi connectivity index (χ1v) is 6.49. The van der Waals surface area contributed by atoms with Crippen molar-refractivity contribution in [3.05, 3.63) is 23.8 Å². The van der Waals surface area contributed by atoms with E-state index in [4.69, 9.17) is 10.5 Å². The number of carbonyl (C=O) groups excluding carboxylic acids is 1. The number of methoxy groups -OCH3 is 1. The van der Waals surface area contributed by atoms with Crippen molar-refractivity contribution in [1.82, 2.24) is 0 Å². The van der Waals surface area contributed by atoms with E-state index in [0.29, 0.717) is 17.4 Å². The third kappa shape index (κ3) is 4.91. The molecule has 4 nitrogen and oxygen atoms in total. The molecule has 0 unspecified atom stereocenters. The lowest BCUT2D eigenvalue weighted by Gasteiger charge is -2.19. The topological polar surface area (TPSA) is 64.3 Å². The number of nitrogens with one attached hydrogen (secondary N) is 1. The lowest BCUT2D eigenvalue weighted by atomic mass is 10.0. The molecular formula is C15H24N2O2. The molecule has 4 heteroatoms.